The Morgan fingerprint density at radius 2 is 1.83 bits per heavy atom. The first-order valence-electron chi connectivity index (χ1n) is 5.63. The van der Waals surface area contributed by atoms with E-state index in [4.69, 9.17) is 0 Å². The monoisotopic (exact) mass is 245 g/mol. The first-order valence-corrected chi connectivity index (χ1v) is 5.63. The van der Waals surface area contributed by atoms with Crippen LogP contribution in [0.2, 0.25) is 0 Å². The Morgan fingerprint density at radius 3 is 2.33 bits per heavy atom. The Balaban J connectivity index is 2.81. The summed E-state index contributed by atoms with van der Waals surface area (Å²) in [6, 6.07) is 3.71. The Labute approximate surface area is 105 Å². The average Bonchev–Trinajstić information content (AvgIpc) is 2.60. The summed E-state index contributed by atoms with van der Waals surface area (Å²) in [6.07, 6.45) is 0. The van der Waals surface area contributed by atoms with Crippen molar-refractivity contribution in [1.82, 2.24) is 14.8 Å². The predicted octanol–water partition coefficient (Wildman–Crippen LogP) is 2.11. The normalized spacial score (nSPS) is 10.7. The van der Waals surface area contributed by atoms with Crippen LogP contribution in [-0.4, -0.2) is 25.8 Å². The fourth-order valence-corrected chi connectivity index (χ4v) is 2.10. The lowest BCUT2D eigenvalue weighted by Gasteiger charge is -2.11. The van der Waals surface area contributed by atoms with Crippen LogP contribution in [0.1, 0.15) is 27.3 Å². The van der Waals surface area contributed by atoms with Crippen molar-refractivity contribution in [3.8, 4) is 11.4 Å². The van der Waals surface area contributed by atoms with Crippen LogP contribution in [0.5, 0.6) is 0 Å². The number of carboxylic acids is 1. The molecule has 0 aliphatic rings. The van der Waals surface area contributed by atoms with Gasteiger partial charge in [-0.05, 0) is 31.9 Å². The summed E-state index contributed by atoms with van der Waals surface area (Å²) in [5.41, 5.74) is 2.55. The summed E-state index contributed by atoms with van der Waals surface area (Å²) >= 11 is 0. The van der Waals surface area contributed by atoms with Gasteiger partial charge in [0.15, 0.2) is 5.82 Å². The molecule has 1 aromatic carbocycles. The van der Waals surface area contributed by atoms with E-state index >= 15 is 0 Å². The molecular weight excluding hydrogens is 230 g/mol. The van der Waals surface area contributed by atoms with E-state index in [-0.39, 0.29) is 0 Å². The van der Waals surface area contributed by atoms with Gasteiger partial charge >= 0.3 is 5.97 Å². The number of aromatic nitrogens is 3. The molecule has 1 N–H and O–H groups in total. The summed E-state index contributed by atoms with van der Waals surface area (Å²) in [5, 5.41) is 13.5. The second-order valence-electron chi connectivity index (χ2n) is 4.36. The van der Waals surface area contributed by atoms with Gasteiger partial charge in [-0.1, -0.05) is 12.1 Å². The number of carbonyl (C=O) groups is 1. The third kappa shape index (κ3) is 1.88. The lowest BCUT2D eigenvalue weighted by Crippen LogP contribution is -2.07. The van der Waals surface area contributed by atoms with E-state index in [1.54, 1.807) is 25.6 Å². The van der Waals surface area contributed by atoms with E-state index in [1.807, 2.05) is 19.1 Å². The molecule has 0 amide bonds. The van der Waals surface area contributed by atoms with Crippen molar-refractivity contribution in [2.24, 2.45) is 7.05 Å². The Morgan fingerprint density at radius 1 is 1.22 bits per heavy atom. The Bertz CT molecular complexity index is 629. The van der Waals surface area contributed by atoms with Crippen LogP contribution >= 0.6 is 0 Å². The number of hydrogen-bond donors (Lipinski definition) is 1. The first kappa shape index (κ1) is 12.3. The lowest BCUT2D eigenvalue weighted by atomic mass is 9.96. The van der Waals surface area contributed by atoms with E-state index in [2.05, 4.69) is 10.1 Å². The summed E-state index contributed by atoms with van der Waals surface area (Å²) in [6.45, 7) is 5.45. The van der Waals surface area contributed by atoms with Gasteiger partial charge in [0.25, 0.3) is 0 Å². The highest BCUT2D eigenvalue weighted by Gasteiger charge is 2.20. The Hall–Kier alpha value is -2.17. The zero-order valence-electron chi connectivity index (χ0n) is 10.9. The van der Waals surface area contributed by atoms with Gasteiger partial charge in [-0.25, -0.2) is 14.5 Å². The molecule has 5 nitrogen and oxygen atoms in total. The molecule has 1 heterocycles. The maximum absolute atomic E-state index is 11.4. The van der Waals surface area contributed by atoms with Gasteiger partial charge in [0.2, 0.25) is 0 Å². The summed E-state index contributed by atoms with van der Waals surface area (Å²) in [5.74, 6) is 0.280. The second kappa shape index (κ2) is 4.25. The van der Waals surface area contributed by atoms with Crippen LogP contribution < -0.4 is 0 Å². The van der Waals surface area contributed by atoms with Gasteiger partial charge < -0.3 is 5.11 Å². The number of rotatable bonds is 2. The summed E-state index contributed by atoms with van der Waals surface area (Å²) in [4.78, 5) is 15.7. The maximum Gasteiger partial charge on any atom is 0.336 e. The lowest BCUT2D eigenvalue weighted by molar-refractivity contribution is 0.0697. The first-order chi connectivity index (χ1) is 8.41. The molecule has 0 spiro atoms. The SMILES string of the molecule is Cc1nc(-c2c(C)ccc(C)c2C(=O)O)n(C)n1. The van der Waals surface area contributed by atoms with Crippen LogP contribution in [0, 0.1) is 20.8 Å². The third-order valence-corrected chi connectivity index (χ3v) is 2.93. The van der Waals surface area contributed by atoms with Crippen LogP contribution in [-0.2, 0) is 7.05 Å². The van der Waals surface area contributed by atoms with Gasteiger partial charge in [-0.15, -0.1) is 0 Å². The van der Waals surface area contributed by atoms with Gasteiger partial charge in [0.05, 0.1) is 5.56 Å². The molecule has 2 aromatic rings. The molecule has 0 bridgehead atoms. The number of benzene rings is 1. The van der Waals surface area contributed by atoms with Gasteiger partial charge in [-0.2, -0.15) is 5.10 Å². The maximum atomic E-state index is 11.4. The van der Waals surface area contributed by atoms with Crippen molar-refractivity contribution in [3.05, 3.63) is 34.6 Å². The zero-order valence-corrected chi connectivity index (χ0v) is 10.9. The highest BCUT2D eigenvalue weighted by Crippen LogP contribution is 2.28. The molecule has 0 saturated heterocycles. The second-order valence-corrected chi connectivity index (χ2v) is 4.36. The molecular formula is C13H15N3O2. The highest BCUT2D eigenvalue weighted by atomic mass is 16.4. The van der Waals surface area contributed by atoms with Crippen molar-refractivity contribution >= 4 is 5.97 Å². The molecule has 2 rings (SSSR count). The molecule has 0 atom stereocenters. The zero-order chi connectivity index (χ0) is 13.4. The molecule has 0 unspecified atom stereocenters. The number of aryl methyl sites for hydroxylation is 4. The number of aromatic carboxylic acids is 1. The number of hydrogen-bond acceptors (Lipinski definition) is 3. The van der Waals surface area contributed by atoms with E-state index in [0.717, 1.165) is 11.1 Å². The largest absolute Gasteiger partial charge is 0.478 e. The van der Waals surface area contributed by atoms with E-state index in [1.165, 1.54) is 0 Å². The number of carboxylic acid groups (broad SMARTS) is 1. The van der Waals surface area contributed by atoms with Crippen molar-refractivity contribution in [1.29, 1.82) is 0 Å². The molecule has 0 radical (unpaired) electrons. The van der Waals surface area contributed by atoms with Gasteiger partial charge in [0, 0.05) is 12.6 Å². The fourth-order valence-electron chi connectivity index (χ4n) is 2.10. The molecule has 5 heteroatoms. The summed E-state index contributed by atoms with van der Waals surface area (Å²) < 4.78 is 1.61. The predicted molar refractivity (Wildman–Crippen MR) is 67.6 cm³/mol. The summed E-state index contributed by atoms with van der Waals surface area (Å²) in [7, 11) is 1.77. The quantitative estimate of drug-likeness (QED) is 0.879. The van der Waals surface area contributed by atoms with Crippen LogP contribution in [0.15, 0.2) is 12.1 Å². The Kier molecular flexibility index (Phi) is 2.90. The molecule has 0 saturated carbocycles. The van der Waals surface area contributed by atoms with E-state index in [9.17, 15) is 9.90 Å². The van der Waals surface area contributed by atoms with Crippen LogP contribution in [0.4, 0.5) is 0 Å². The van der Waals surface area contributed by atoms with Gasteiger partial charge in [0.1, 0.15) is 5.82 Å². The molecule has 94 valence electrons. The fraction of sp³-hybridized carbons (Fsp3) is 0.308. The van der Waals surface area contributed by atoms with E-state index < -0.39 is 5.97 Å². The molecule has 0 fully saturated rings. The number of nitrogens with zero attached hydrogens (tertiary/aromatic N) is 3. The topological polar surface area (TPSA) is 68.0 Å². The van der Waals surface area contributed by atoms with Crippen LogP contribution in [0.3, 0.4) is 0 Å². The minimum absolute atomic E-state index is 0.297. The smallest absolute Gasteiger partial charge is 0.336 e. The van der Waals surface area contributed by atoms with E-state index in [0.29, 0.717) is 22.8 Å². The van der Waals surface area contributed by atoms with Crippen molar-refractivity contribution in [2.75, 3.05) is 0 Å². The van der Waals surface area contributed by atoms with Crippen molar-refractivity contribution in [2.45, 2.75) is 20.8 Å². The van der Waals surface area contributed by atoms with Crippen LogP contribution in [0.25, 0.3) is 11.4 Å². The molecule has 0 aliphatic carbocycles. The third-order valence-electron chi connectivity index (χ3n) is 2.93. The average molecular weight is 245 g/mol. The minimum atomic E-state index is -0.938. The molecule has 18 heavy (non-hydrogen) atoms. The molecule has 1 aromatic heterocycles. The standard InChI is InChI=1S/C13H15N3O2/c1-7-5-6-8(2)11(13(17)18)10(7)12-14-9(3)15-16(12)4/h5-6H,1-4H3,(H,17,18). The highest BCUT2D eigenvalue weighted by molar-refractivity contribution is 5.97. The van der Waals surface area contributed by atoms with Gasteiger partial charge in [-0.3, -0.25) is 0 Å². The molecule has 0 aliphatic heterocycles. The van der Waals surface area contributed by atoms with Crippen molar-refractivity contribution < 1.29 is 9.90 Å². The van der Waals surface area contributed by atoms with Crippen molar-refractivity contribution in [3.63, 3.8) is 0 Å². The minimum Gasteiger partial charge on any atom is -0.478 e.